The monoisotopic (exact) mass is 184 g/mol. The molecule has 67 valence electrons. The quantitative estimate of drug-likeness (QED) is 0.611. The van der Waals surface area contributed by atoms with Gasteiger partial charge in [-0.2, -0.15) is 4.98 Å². The molecule has 0 fully saturated rings. The molecule has 1 aromatic carbocycles. The van der Waals surface area contributed by atoms with Crippen molar-refractivity contribution in [1.82, 2.24) is 24.8 Å². The summed E-state index contributed by atoms with van der Waals surface area (Å²) >= 11 is 0. The standard InChI is InChI=1S/C9H6N5/c1-2-4-7(5-3-1)8-12-9-10-6-11-14(9)13-8/h1-5H,(H,10,11,12,13). The lowest BCUT2D eigenvalue weighted by molar-refractivity contribution is 0.822. The molecule has 0 saturated heterocycles. The lowest BCUT2D eigenvalue weighted by Crippen LogP contribution is -1.86. The summed E-state index contributed by atoms with van der Waals surface area (Å²) in [4.78, 5) is 7.01. The highest BCUT2D eigenvalue weighted by Gasteiger charge is 2.06. The maximum Gasteiger partial charge on any atom is 0.250 e. The van der Waals surface area contributed by atoms with Crippen molar-refractivity contribution in [1.29, 1.82) is 0 Å². The van der Waals surface area contributed by atoms with Crippen molar-refractivity contribution in [2.24, 2.45) is 0 Å². The molecule has 2 heterocycles. The van der Waals surface area contributed by atoms with Crippen LogP contribution in [0.15, 0.2) is 30.3 Å². The van der Waals surface area contributed by atoms with Gasteiger partial charge < -0.3 is 4.98 Å². The maximum atomic E-state index is 4.25. The fourth-order valence-corrected chi connectivity index (χ4v) is 1.28. The zero-order chi connectivity index (χ0) is 9.38. The second kappa shape index (κ2) is 2.66. The van der Waals surface area contributed by atoms with Gasteiger partial charge in [-0.15, -0.1) is 14.8 Å². The van der Waals surface area contributed by atoms with E-state index in [2.05, 4.69) is 26.5 Å². The lowest BCUT2D eigenvalue weighted by Gasteiger charge is -1.90. The molecule has 1 N–H and O–H groups in total. The van der Waals surface area contributed by atoms with Gasteiger partial charge in [0.05, 0.1) is 0 Å². The Labute approximate surface area is 79.4 Å². The number of hydrogen-bond acceptors (Lipinski definition) is 3. The Morgan fingerprint density at radius 3 is 2.86 bits per heavy atom. The molecule has 5 heteroatoms. The highest BCUT2D eigenvalue weighted by Crippen LogP contribution is 2.13. The van der Waals surface area contributed by atoms with Crippen molar-refractivity contribution in [3.8, 4) is 11.4 Å². The van der Waals surface area contributed by atoms with Crippen LogP contribution in [-0.2, 0) is 0 Å². The fraction of sp³-hybridized carbons (Fsp3) is 0. The van der Waals surface area contributed by atoms with Crippen molar-refractivity contribution in [3.05, 3.63) is 36.7 Å². The predicted molar refractivity (Wildman–Crippen MR) is 49.4 cm³/mol. The van der Waals surface area contributed by atoms with Crippen LogP contribution >= 0.6 is 0 Å². The third-order valence-corrected chi connectivity index (χ3v) is 1.94. The molecular weight excluding hydrogens is 178 g/mol. The number of aromatic nitrogens is 5. The maximum absolute atomic E-state index is 4.25. The second-order valence-corrected chi connectivity index (χ2v) is 2.85. The minimum Gasteiger partial charge on any atom is -0.303 e. The molecule has 3 rings (SSSR count). The molecule has 0 bridgehead atoms. The number of nitrogens with one attached hydrogen (secondary N) is 1. The first-order chi connectivity index (χ1) is 6.93. The molecule has 0 unspecified atom stereocenters. The lowest BCUT2D eigenvalue weighted by atomic mass is 10.2. The molecule has 0 aliphatic rings. The topological polar surface area (TPSA) is 58.9 Å². The van der Waals surface area contributed by atoms with E-state index in [-0.39, 0.29) is 0 Å². The van der Waals surface area contributed by atoms with Crippen LogP contribution in [0.3, 0.4) is 0 Å². The SMILES string of the molecule is [c]1nn2nc(-c3ccccc3)nc2[nH]1. The summed E-state index contributed by atoms with van der Waals surface area (Å²) < 4.78 is 1.42. The Hall–Kier alpha value is -2.17. The summed E-state index contributed by atoms with van der Waals surface area (Å²) in [6.07, 6.45) is 2.56. The largest absolute Gasteiger partial charge is 0.303 e. The van der Waals surface area contributed by atoms with Crippen molar-refractivity contribution < 1.29 is 0 Å². The molecule has 3 aromatic rings. The molecule has 0 aliphatic carbocycles. The van der Waals surface area contributed by atoms with Crippen LogP contribution in [0.2, 0.25) is 0 Å². The van der Waals surface area contributed by atoms with Gasteiger partial charge in [0.2, 0.25) is 6.33 Å². The molecule has 2 aromatic heterocycles. The van der Waals surface area contributed by atoms with E-state index in [9.17, 15) is 0 Å². The van der Waals surface area contributed by atoms with Crippen molar-refractivity contribution in [2.75, 3.05) is 0 Å². The van der Waals surface area contributed by atoms with Crippen LogP contribution in [0.5, 0.6) is 0 Å². The van der Waals surface area contributed by atoms with Gasteiger partial charge in [0.15, 0.2) is 5.82 Å². The van der Waals surface area contributed by atoms with Gasteiger partial charge in [-0.3, -0.25) is 0 Å². The van der Waals surface area contributed by atoms with Gasteiger partial charge >= 0.3 is 0 Å². The first-order valence-electron chi connectivity index (χ1n) is 4.18. The van der Waals surface area contributed by atoms with Crippen molar-refractivity contribution in [2.45, 2.75) is 0 Å². The van der Waals surface area contributed by atoms with E-state index < -0.39 is 0 Å². The van der Waals surface area contributed by atoms with Gasteiger partial charge in [-0.05, 0) is 0 Å². The van der Waals surface area contributed by atoms with Gasteiger partial charge in [-0.1, -0.05) is 30.3 Å². The van der Waals surface area contributed by atoms with E-state index in [0.717, 1.165) is 5.56 Å². The Balaban J connectivity index is 2.19. The first-order valence-corrected chi connectivity index (χ1v) is 4.18. The van der Waals surface area contributed by atoms with Crippen LogP contribution < -0.4 is 0 Å². The van der Waals surface area contributed by atoms with Gasteiger partial charge in [-0.25, -0.2) is 0 Å². The van der Waals surface area contributed by atoms with Crippen LogP contribution in [0.25, 0.3) is 17.2 Å². The van der Waals surface area contributed by atoms with E-state index in [1.165, 1.54) is 4.63 Å². The average molecular weight is 184 g/mol. The zero-order valence-electron chi connectivity index (χ0n) is 7.18. The molecule has 0 atom stereocenters. The number of fused-ring (bicyclic) bond motifs is 1. The Morgan fingerprint density at radius 2 is 2.07 bits per heavy atom. The normalized spacial score (nSPS) is 10.9. The number of nitrogens with zero attached hydrogens (tertiary/aromatic N) is 4. The van der Waals surface area contributed by atoms with E-state index >= 15 is 0 Å². The van der Waals surface area contributed by atoms with E-state index in [0.29, 0.717) is 11.6 Å². The van der Waals surface area contributed by atoms with Crippen molar-refractivity contribution >= 4 is 5.78 Å². The number of hydrogen-bond donors (Lipinski definition) is 1. The number of aromatic amines is 1. The average Bonchev–Trinajstić information content (AvgIpc) is 2.78. The molecular formula is C9H6N5. The molecule has 1 radical (unpaired) electrons. The highest BCUT2D eigenvalue weighted by atomic mass is 15.5. The summed E-state index contributed by atoms with van der Waals surface area (Å²) in [5.41, 5.74) is 0.978. The van der Waals surface area contributed by atoms with Gasteiger partial charge in [0.25, 0.3) is 5.78 Å². The molecule has 14 heavy (non-hydrogen) atoms. The van der Waals surface area contributed by atoms with E-state index in [4.69, 9.17) is 0 Å². The van der Waals surface area contributed by atoms with E-state index in [1.807, 2.05) is 30.3 Å². The van der Waals surface area contributed by atoms with E-state index in [1.54, 1.807) is 0 Å². The minimum atomic E-state index is 0.601. The number of H-pyrrole nitrogens is 1. The Kier molecular flexibility index (Phi) is 1.38. The molecule has 0 spiro atoms. The predicted octanol–water partition coefficient (Wildman–Crippen LogP) is 0.920. The summed E-state index contributed by atoms with van der Waals surface area (Å²) in [5.74, 6) is 1.27. The zero-order valence-corrected chi connectivity index (χ0v) is 7.18. The molecule has 5 nitrogen and oxygen atoms in total. The summed E-state index contributed by atoms with van der Waals surface area (Å²) in [6, 6.07) is 9.77. The summed E-state index contributed by atoms with van der Waals surface area (Å²) in [6.45, 7) is 0. The van der Waals surface area contributed by atoms with Gasteiger partial charge in [0, 0.05) is 5.56 Å². The minimum absolute atomic E-state index is 0.601. The Morgan fingerprint density at radius 1 is 1.21 bits per heavy atom. The van der Waals surface area contributed by atoms with Crippen LogP contribution in [0.4, 0.5) is 0 Å². The van der Waals surface area contributed by atoms with Crippen LogP contribution in [0.1, 0.15) is 0 Å². The molecule has 0 saturated carbocycles. The van der Waals surface area contributed by atoms with Crippen molar-refractivity contribution in [3.63, 3.8) is 0 Å². The van der Waals surface area contributed by atoms with Crippen LogP contribution in [0, 0.1) is 6.33 Å². The second-order valence-electron chi connectivity index (χ2n) is 2.85. The summed E-state index contributed by atoms with van der Waals surface area (Å²) in [7, 11) is 0. The molecule has 0 amide bonds. The number of benzene rings is 1. The smallest absolute Gasteiger partial charge is 0.250 e. The highest BCUT2D eigenvalue weighted by molar-refractivity contribution is 5.56. The summed E-state index contributed by atoms with van der Waals surface area (Å²) in [5, 5.41) is 8.00. The Bertz CT molecular complexity index is 522. The molecule has 0 aliphatic heterocycles. The number of rotatable bonds is 1. The van der Waals surface area contributed by atoms with Gasteiger partial charge in [0.1, 0.15) is 0 Å². The third kappa shape index (κ3) is 0.990. The third-order valence-electron chi connectivity index (χ3n) is 1.94. The van der Waals surface area contributed by atoms with Crippen LogP contribution in [-0.4, -0.2) is 24.8 Å². The fourth-order valence-electron chi connectivity index (χ4n) is 1.28. The first kappa shape index (κ1) is 7.25.